The van der Waals surface area contributed by atoms with E-state index in [1.165, 1.54) is 6.20 Å². The Morgan fingerprint density at radius 1 is 1.18 bits per heavy atom. The Hall–Kier alpha value is -2.08. The van der Waals surface area contributed by atoms with Gasteiger partial charge in [-0.3, -0.25) is 4.98 Å². The molecule has 0 radical (unpaired) electrons. The molecule has 3 nitrogen and oxygen atoms in total. The van der Waals surface area contributed by atoms with Crippen LogP contribution in [0, 0.1) is 11.6 Å². The summed E-state index contributed by atoms with van der Waals surface area (Å²) in [5, 5.41) is 3.27. The number of hydrogen-bond acceptors (Lipinski definition) is 4. The molecular formula is C16H15F2N3S. The maximum absolute atomic E-state index is 14.1. The lowest BCUT2D eigenvalue weighted by atomic mass is 10.1. The van der Waals surface area contributed by atoms with Gasteiger partial charge in [0.05, 0.1) is 28.3 Å². The lowest BCUT2D eigenvalue weighted by Crippen LogP contribution is -2.17. The monoisotopic (exact) mass is 319 g/mol. The van der Waals surface area contributed by atoms with E-state index in [0.29, 0.717) is 12.2 Å². The third kappa shape index (κ3) is 2.66. The minimum Gasteiger partial charge on any atom is -0.368 e. The van der Waals surface area contributed by atoms with Crippen LogP contribution in [0.15, 0.2) is 29.8 Å². The number of fused-ring (bicyclic) bond motifs is 1. The van der Waals surface area contributed by atoms with Crippen molar-refractivity contribution in [3.63, 3.8) is 0 Å². The molecule has 3 aromatic rings. The summed E-state index contributed by atoms with van der Waals surface area (Å²) in [4.78, 5) is 10.3. The van der Waals surface area contributed by atoms with Crippen LogP contribution in [0.25, 0.3) is 10.9 Å². The van der Waals surface area contributed by atoms with E-state index >= 15 is 0 Å². The molecule has 0 unspecified atom stereocenters. The van der Waals surface area contributed by atoms with Crippen molar-refractivity contribution in [2.45, 2.75) is 19.9 Å². The number of nitrogens with zero attached hydrogens (tertiary/aromatic N) is 3. The molecular weight excluding hydrogens is 304 g/mol. The van der Waals surface area contributed by atoms with E-state index in [1.54, 1.807) is 17.4 Å². The number of benzene rings is 1. The molecule has 0 amide bonds. The topological polar surface area (TPSA) is 29.0 Å². The number of rotatable bonds is 4. The lowest BCUT2D eigenvalue weighted by molar-refractivity contribution is 0.615. The Balaban J connectivity index is 2.00. The van der Waals surface area contributed by atoms with Gasteiger partial charge in [-0.15, -0.1) is 11.3 Å². The van der Waals surface area contributed by atoms with E-state index in [2.05, 4.69) is 16.9 Å². The summed E-state index contributed by atoms with van der Waals surface area (Å²) in [6.07, 6.45) is 2.39. The summed E-state index contributed by atoms with van der Waals surface area (Å²) in [6, 6.07) is 3.93. The number of aromatic nitrogens is 2. The number of halogens is 2. The quantitative estimate of drug-likeness (QED) is 0.723. The molecule has 0 atom stereocenters. The third-order valence-corrected chi connectivity index (χ3v) is 4.52. The van der Waals surface area contributed by atoms with Crippen LogP contribution < -0.4 is 4.90 Å². The van der Waals surface area contributed by atoms with Crippen molar-refractivity contribution in [3.8, 4) is 0 Å². The second-order valence-electron chi connectivity index (χ2n) is 5.03. The highest BCUT2D eigenvalue weighted by atomic mass is 32.1. The van der Waals surface area contributed by atoms with Crippen molar-refractivity contribution < 1.29 is 8.78 Å². The smallest absolute Gasteiger partial charge is 0.149 e. The van der Waals surface area contributed by atoms with Gasteiger partial charge in [0, 0.05) is 18.6 Å². The Bertz CT molecular complexity index is 816. The van der Waals surface area contributed by atoms with Gasteiger partial charge in [0.2, 0.25) is 0 Å². The van der Waals surface area contributed by atoms with E-state index in [4.69, 9.17) is 0 Å². The molecule has 0 N–H and O–H groups in total. The largest absolute Gasteiger partial charge is 0.368 e. The summed E-state index contributed by atoms with van der Waals surface area (Å²) in [6.45, 7) is 2.59. The zero-order chi connectivity index (χ0) is 15.7. The van der Waals surface area contributed by atoms with Crippen LogP contribution in [0.4, 0.5) is 14.5 Å². The Kier molecular flexibility index (Phi) is 4.02. The van der Waals surface area contributed by atoms with Gasteiger partial charge in [-0.05, 0) is 24.6 Å². The lowest BCUT2D eigenvalue weighted by Gasteiger charge is -2.20. The fourth-order valence-electron chi connectivity index (χ4n) is 2.41. The van der Waals surface area contributed by atoms with Gasteiger partial charge in [-0.25, -0.2) is 13.8 Å². The van der Waals surface area contributed by atoms with E-state index in [-0.39, 0.29) is 10.9 Å². The predicted molar refractivity (Wildman–Crippen MR) is 85.3 cm³/mol. The van der Waals surface area contributed by atoms with E-state index in [9.17, 15) is 8.78 Å². The first kappa shape index (κ1) is 14.8. The first-order valence-electron chi connectivity index (χ1n) is 6.97. The average Bonchev–Trinajstić information content (AvgIpc) is 2.98. The zero-order valence-corrected chi connectivity index (χ0v) is 13.1. The molecule has 0 aliphatic rings. The van der Waals surface area contributed by atoms with Crippen LogP contribution in [-0.4, -0.2) is 17.0 Å². The van der Waals surface area contributed by atoms with Crippen LogP contribution in [0.1, 0.15) is 17.6 Å². The standard InChI is InChI=1S/C16H15F2N3S/c1-3-14-20-10(9-22-14)8-21(2)13-6-7-19-16-12(18)5-4-11(17)15(13)16/h4-7,9H,3,8H2,1-2H3. The van der Waals surface area contributed by atoms with Gasteiger partial charge in [-0.2, -0.15) is 0 Å². The average molecular weight is 319 g/mol. The van der Waals surface area contributed by atoms with Gasteiger partial charge in [-0.1, -0.05) is 6.92 Å². The first-order chi connectivity index (χ1) is 10.6. The Morgan fingerprint density at radius 3 is 2.68 bits per heavy atom. The van der Waals surface area contributed by atoms with Crippen molar-refractivity contribution in [1.29, 1.82) is 0 Å². The van der Waals surface area contributed by atoms with Crippen molar-refractivity contribution in [2.24, 2.45) is 0 Å². The van der Waals surface area contributed by atoms with Crippen molar-refractivity contribution >= 4 is 27.9 Å². The first-order valence-corrected chi connectivity index (χ1v) is 7.85. The van der Waals surface area contributed by atoms with Gasteiger partial charge in [0.1, 0.15) is 17.2 Å². The summed E-state index contributed by atoms with van der Waals surface area (Å²) in [7, 11) is 1.84. The maximum Gasteiger partial charge on any atom is 0.149 e. The third-order valence-electron chi connectivity index (χ3n) is 3.48. The zero-order valence-electron chi connectivity index (χ0n) is 12.3. The summed E-state index contributed by atoms with van der Waals surface area (Å²) < 4.78 is 28.0. The van der Waals surface area contributed by atoms with Crippen molar-refractivity contribution in [2.75, 3.05) is 11.9 Å². The molecule has 0 bridgehead atoms. The molecule has 3 rings (SSSR count). The van der Waals surface area contributed by atoms with Crippen LogP contribution in [0.3, 0.4) is 0 Å². The minimum atomic E-state index is -0.520. The molecule has 1 aromatic carbocycles. The highest BCUT2D eigenvalue weighted by molar-refractivity contribution is 7.09. The van der Waals surface area contributed by atoms with Crippen molar-refractivity contribution in [3.05, 3.63) is 52.1 Å². The molecule has 0 aliphatic carbocycles. The Labute approximate surface area is 131 Å². The number of anilines is 1. The number of pyridine rings is 1. The van der Waals surface area contributed by atoms with Crippen LogP contribution in [0.5, 0.6) is 0 Å². The molecule has 114 valence electrons. The fourth-order valence-corrected chi connectivity index (χ4v) is 3.14. The van der Waals surface area contributed by atoms with Crippen molar-refractivity contribution in [1.82, 2.24) is 9.97 Å². The SMILES string of the molecule is CCc1nc(CN(C)c2ccnc3c(F)ccc(F)c23)cs1. The second-order valence-corrected chi connectivity index (χ2v) is 5.97. The minimum absolute atomic E-state index is 0.0527. The second kappa shape index (κ2) is 5.96. The number of aryl methyl sites for hydroxylation is 1. The maximum atomic E-state index is 14.1. The van der Waals surface area contributed by atoms with Crippen LogP contribution >= 0.6 is 11.3 Å². The van der Waals surface area contributed by atoms with Crippen LogP contribution in [-0.2, 0) is 13.0 Å². The molecule has 22 heavy (non-hydrogen) atoms. The predicted octanol–water partition coefficient (Wildman–Crippen LogP) is 4.17. The van der Waals surface area contributed by atoms with Crippen LogP contribution in [0.2, 0.25) is 0 Å². The highest BCUT2D eigenvalue weighted by Gasteiger charge is 2.15. The van der Waals surface area contributed by atoms with Gasteiger partial charge < -0.3 is 4.90 Å². The number of hydrogen-bond donors (Lipinski definition) is 0. The fraction of sp³-hybridized carbons (Fsp3) is 0.250. The van der Waals surface area contributed by atoms with Gasteiger partial charge >= 0.3 is 0 Å². The molecule has 2 aromatic heterocycles. The molecule has 0 saturated heterocycles. The molecule has 0 spiro atoms. The van der Waals surface area contributed by atoms with E-state index in [1.807, 2.05) is 17.3 Å². The normalized spacial score (nSPS) is 11.1. The molecule has 0 fully saturated rings. The van der Waals surface area contributed by atoms with Gasteiger partial charge in [0.15, 0.2) is 0 Å². The van der Waals surface area contributed by atoms with E-state index in [0.717, 1.165) is 29.3 Å². The Morgan fingerprint density at radius 2 is 1.95 bits per heavy atom. The summed E-state index contributed by atoms with van der Waals surface area (Å²) in [5.74, 6) is -0.993. The van der Waals surface area contributed by atoms with Gasteiger partial charge in [0.25, 0.3) is 0 Å². The molecule has 0 saturated carbocycles. The molecule has 2 heterocycles. The molecule has 0 aliphatic heterocycles. The summed E-state index contributed by atoms with van der Waals surface area (Å²) >= 11 is 1.61. The molecule has 6 heteroatoms. The summed E-state index contributed by atoms with van der Waals surface area (Å²) in [5.41, 5.74) is 1.58. The highest BCUT2D eigenvalue weighted by Crippen LogP contribution is 2.29. The number of thiazole rings is 1. The van der Waals surface area contributed by atoms with E-state index < -0.39 is 11.6 Å².